The Labute approximate surface area is 217 Å². The highest BCUT2D eigenvalue weighted by Gasteiger charge is 2.65. The van der Waals surface area contributed by atoms with Crippen molar-refractivity contribution in [3.63, 3.8) is 0 Å². The molecule has 0 spiro atoms. The molecule has 2 aliphatic rings. The summed E-state index contributed by atoms with van der Waals surface area (Å²) in [6.07, 6.45) is -0.0225. The second kappa shape index (κ2) is 8.85. The fraction of sp³-hybridized carbons (Fsp3) is 0.500. The van der Waals surface area contributed by atoms with Gasteiger partial charge in [0.05, 0.1) is 23.1 Å². The number of fused-ring (bicyclic) bond motifs is 1. The Bertz CT molecular complexity index is 1440. The molecule has 9 nitrogen and oxygen atoms in total. The van der Waals surface area contributed by atoms with Gasteiger partial charge in [0.15, 0.2) is 5.65 Å². The highest BCUT2D eigenvalue weighted by molar-refractivity contribution is 5.93. The fourth-order valence-electron chi connectivity index (χ4n) is 5.66. The maximum Gasteiger partial charge on any atom is 0.412 e. The summed E-state index contributed by atoms with van der Waals surface area (Å²) >= 11 is 0. The number of halogens is 3. The zero-order valence-electron chi connectivity index (χ0n) is 21.4. The summed E-state index contributed by atoms with van der Waals surface area (Å²) in [6, 6.07) is 3.77. The molecule has 1 aliphatic heterocycles. The zero-order chi connectivity index (χ0) is 27.6. The molecule has 4 atom stereocenters. The molecule has 4 heterocycles. The first-order valence-electron chi connectivity index (χ1n) is 12.4. The number of alkyl halides is 3. The van der Waals surface area contributed by atoms with E-state index in [1.165, 1.54) is 40.2 Å². The number of carboxylic acid groups (broad SMARTS) is 1. The highest BCUT2D eigenvalue weighted by atomic mass is 19.2. The van der Waals surface area contributed by atoms with Crippen molar-refractivity contribution in [2.75, 3.05) is 4.90 Å². The molecule has 1 amide bonds. The van der Waals surface area contributed by atoms with Crippen LogP contribution in [-0.2, 0) is 0 Å². The molecule has 0 aromatic carbocycles. The van der Waals surface area contributed by atoms with Crippen LogP contribution < -0.4 is 4.90 Å². The van der Waals surface area contributed by atoms with Crippen molar-refractivity contribution in [3.8, 4) is 11.9 Å². The third-order valence-corrected chi connectivity index (χ3v) is 7.82. The molecule has 1 saturated heterocycles. The van der Waals surface area contributed by atoms with Gasteiger partial charge in [0.25, 0.3) is 0 Å². The minimum atomic E-state index is -2.81. The summed E-state index contributed by atoms with van der Waals surface area (Å²) in [7, 11) is 0. The van der Waals surface area contributed by atoms with Crippen LogP contribution in [0.2, 0.25) is 0 Å². The van der Waals surface area contributed by atoms with Crippen molar-refractivity contribution in [1.29, 1.82) is 5.26 Å². The number of nitrogens with zero attached hydrogens (tertiary/aromatic N) is 7. The van der Waals surface area contributed by atoms with Gasteiger partial charge in [-0.05, 0) is 43.4 Å². The van der Waals surface area contributed by atoms with Gasteiger partial charge >= 0.3 is 6.09 Å². The van der Waals surface area contributed by atoms with Crippen molar-refractivity contribution < 1.29 is 23.1 Å². The van der Waals surface area contributed by atoms with Crippen LogP contribution in [0.1, 0.15) is 64.0 Å². The molecule has 3 aromatic rings. The number of hydrogen-bond donors (Lipinski definition) is 1. The molecule has 12 heteroatoms. The lowest BCUT2D eigenvalue weighted by atomic mass is 9.76. The van der Waals surface area contributed by atoms with E-state index < -0.39 is 35.9 Å². The topological polar surface area (TPSA) is 111 Å². The van der Waals surface area contributed by atoms with Gasteiger partial charge in [0, 0.05) is 17.8 Å². The van der Waals surface area contributed by atoms with Crippen molar-refractivity contribution in [3.05, 3.63) is 42.0 Å². The fourth-order valence-corrected chi connectivity index (χ4v) is 5.66. The molecule has 200 valence electrons. The molecular formula is C26H28F3N7O2. The first-order chi connectivity index (χ1) is 17.9. The van der Waals surface area contributed by atoms with Crippen molar-refractivity contribution in [2.24, 2.45) is 5.41 Å². The Balaban J connectivity index is 1.76. The van der Waals surface area contributed by atoms with Gasteiger partial charge in [-0.2, -0.15) is 5.26 Å². The minimum Gasteiger partial charge on any atom is -0.465 e. The quantitative estimate of drug-likeness (QED) is 0.451. The second-order valence-corrected chi connectivity index (χ2v) is 10.9. The van der Waals surface area contributed by atoms with Gasteiger partial charge < -0.3 is 10.0 Å². The van der Waals surface area contributed by atoms with Gasteiger partial charge in [-0.3, -0.25) is 4.57 Å². The van der Waals surface area contributed by atoms with E-state index in [0.717, 1.165) is 29.7 Å². The molecule has 5 rings (SSSR count). The van der Waals surface area contributed by atoms with Crippen LogP contribution in [0.25, 0.3) is 16.9 Å². The number of carbonyl (C=O) groups is 1. The van der Waals surface area contributed by atoms with Crippen molar-refractivity contribution in [1.82, 2.24) is 24.4 Å². The van der Waals surface area contributed by atoms with E-state index in [0.29, 0.717) is 22.4 Å². The third-order valence-electron chi connectivity index (χ3n) is 7.82. The predicted molar refractivity (Wildman–Crippen MR) is 133 cm³/mol. The van der Waals surface area contributed by atoms with Crippen LogP contribution in [0.5, 0.6) is 0 Å². The Kier molecular flexibility index (Phi) is 6.00. The first-order valence-corrected chi connectivity index (χ1v) is 12.4. The smallest absolute Gasteiger partial charge is 0.412 e. The Morgan fingerprint density at radius 1 is 1.21 bits per heavy atom. The van der Waals surface area contributed by atoms with Crippen LogP contribution >= 0.6 is 0 Å². The van der Waals surface area contributed by atoms with E-state index in [1.807, 2.05) is 0 Å². The maximum atomic E-state index is 16.8. The number of hydrogen-bond acceptors (Lipinski definition) is 6. The summed E-state index contributed by atoms with van der Waals surface area (Å²) in [6.45, 7) is 5.68. The van der Waals surface area contributed by atoms with Crippen molar-refractivity contribution >= 4 is 22.9 Å². The normalized spacial score (nSPS) is 26.3. The molecule has 1 saturated carbocycles. The molecule has 3 aromatic heterocycles. The highest BCUT2D eigenvalue weighted by Crippen LogP contribution is 2.51. The molecule has 1 aliphatic carbocycles. The maximum absolute atomic E-state index is 16.8. The van der Waals surface area contributed by atoms with Gasteiger partial charge in [0.2, 0.25) is 18.4 Å². The van der Waals surface area contributed by atoms with Crippen molar-refractivity contribution in [2.45, 2.75) is 77.3 Å². The number of rotatable bonds is 3. The molecule has 2 fully saturated rings. The Morgan fingerprint density at radius 2 is 1.92 bits per heavy atom. The van der Waals surface area contributed by atoms with Gasteiger partial charge in [0.1, 0.15) is 18.0 Å². The Hall–Kier alpha value is -3.88. The predicted octanol–water partition coefficient (Wildman–Crippen LogP) is 5.45. The summed E-state index contributed by atoms with van der Waals surface area (Å²) in [4.78, 5) is 25.9. The summed E-state index contributed by atoms with van der Waals surface area (Å²) < 4.78 is 49.9. The molecule has 38 heavy (non-hydrogen) atoms. The van der Waals surface area contributed by atoms with Gasteiger partial charge in [-0.15, -0.1) is 0 Å². The van der Waals surface area contributed by atoms with Gasteiger partial charge in [-0.25, -0.2) is 37.8 Å². The van der Waals surface area contributed by atoms with E-state index in [9.17, 15) is 15.2 Å². The lowest BCUT2D eigenvalue weighted by molar-refractivity contribution is -0.193. The molecule has 1 N–H and O–H groups in total. The van der Waals surface area contributed by atoms with Gasteiger partial charge in [-0.1, -0.05) is 27.2 Å². The summed E-state index contributed by atoms with van der Waals surface area (Å²) in [5.74, 6) is -2.33. The first kappa shape index (κ1) is 25.8. The Morgan fingerprint density at radius 3 is 2.50 bits per heavy atom. The summed E-state index contributed by atoms with van der Waals surface area (Å²) in [5.41, 5.74) is 0.0902. The van der Waals surface area contributed by atoms with E-state index in [1.54, 1.807) is 22.9 Å². The number of pyridine rings is 1. The van der Waals surface area contributed by atoms with E-state index in [-0.39, 0.29) is 16.6 Å². The number of aromatic nitrogens is 4. The molecule has 4 unspecified atom stereocenters. The molecular weight excluding hydrogens is 499 g/mol. The van der Waals surface area contributed by atoms with Crippen LogP contribution in [0.3, 0.4) is 0 Å². The SMILES string of the molecule is CC1N(c2ncnc3c2c(C2CCC2)cn3-c2cc(C#N)ccn2)C(F)C(F)N(C(=O)O)C1(F)C(C)(C)C. The average Bonchev–Trinajstić information content (AvgIpc) is 3.21. The van der Waals surface area contributed by atoms with Crippen LogP contribution in [0, 0.1) is 16.7 Å². The van der Waals surface area contributed by atoms with Crippen LogP contribution in [0.15, 0.2) is 30.9 Å². The largest absolute Gasteiger partial charge is 0.465 e. The lowest BCUT2D eigenvalue weighted by Gasteiger charge is -2.57. The van der Waals surface area contributed by atoms with E-state index >= 15 is 13.2 Å². The molecule has 0 bridgehead atoms. The lowest BCUT2D eigenvalue weighted by Crippen LogP contribution is -2.75. The number of amides is 1. The minimum absolute atomic E-state index is 0.0222. The zero-order valence-corrected chi connectivity index (χ0v) is 21.4. The number of piperazine rings is 1. The number of anilines is 1. The third kappa shape index (κ3) is 3.59. The van der Waals surface area contributed by atoms with E-state index in [4.69, 9.17) is 0 Å². The average molecular weight is 528 g/mol. The van der Waals surface area contributed by atoms with Crippen LogP contribution in [-0.4, -0.2) is 60.0 Å². The number of nitriles is 1. The standard InChI is InChI=1S/C26H28F3N7O2/c1-14-26(29,25(2,3)4)36(24(37)38)21(28)20(27)35(14)23-19-17(16-6-5-7-16)12-34(22(19)32-13-33-23)18-10-15(11-30)8-9-31-18/h8-10,12-14,16,20-21H,5-7H2,1-4H3,(H,37,38). The monoisotopic (exact) mass is 527 g/mol. The summed E-state index contributed by atoms with van der Waals surface area (Å²) in [5, 5.41) is 19.5. The van der Waals surface area contributed by atoms with E-state index in [2.05, 4.69) is 21.0 Å². The second-order valence-electron chi connectivity index (χ2n) is 10.9. The molecule has 0 radical (unpaired) electrons. The van der Waals surface area contributed by atoms with Crippen LogP contribution in [0.4, 0.5) is 23.8 Å².